The topological polar surface area (TPSA) is 49.3 Å². The standard InChI is InChI=1S/C18H24FNO2/c19-15-7-5-6-14(12-15)18(10-3-4-11-18)16(21)20-13-17(22)8-1-2-9-17/h5-7,12,22H,1-4,8-11,13H2,(H,20,21). The minimum absolute atomic E-state index is 0.0593. The summed E-state index contributed by atoms with van der Waals surface area (Å²) >= 11 is 0. The van der Waals surface area contributed by atoms with Gasteiger partial charge in [0.2, 0.25) is 5.91 Å². The predicted octanol–water partition coefficient (Wildman–Crippen LogP) is 3.06. The van der Waals surface area contributed by atoms with Crippen LogP contribution in [0.3, 0.4) is 0 Å². The highest BCUT2D eigenvalue weighted by molar-refractivity contribution is 5.88. The number of rotatable bonds is 4. The monoisotopic (exact) mass is 305 g/mol. The number of halogens is 1. The normalized spacial score (nSPS) is 22.6. The van der Waals surface area contributed by atoms with Gasteiger partial charge in [-0.2, -0.15) is 0 Å². The van der Waals surface area contributed by atoms with Gasteiger partial charge < -0.3 is 10.4 Å². The molecule has 120 valence electrons. The van der Waals surface area contributed by atoms with Gasteiger partial charge in [-0.1, -0.05) is 37.8 Å². The van der Waals surface area contributed by atoms with E-state index in [1.165, 1.54) is 12.1 Å². The fraction of sp³-hybridized carbons (Fsp3) is 0.611. The molecular weight excluding hydrogens is 281 g/mol. The van der Waals surface area contributed by atoms with E-state index in [9.17, 15) is 14.3 Å². The lowest BCUT2D eigenvalue weighted by Gasteiger charge is -2.31. The van der Waals surface area contributed by atoms with Gasteiger partial charge >= 0.3 is 0 Å². The summed E-state index contributed by atoms with van der Waals surface area (Å²) in [5.74, 6) is -0.359. The maximum atomic E-state index is 13.6. The molecule has 1 amide bonds. The molecule has 2 N–H and O–H groups in total. The molecule has 1 aromatic carbocycles. The minimum Gasteiger partial charge on any atom is -0.388 e. The summed E-state index contributed by atoms with van der Waals surface area (Å²) in [5.41, 5.74) is -0.616. The van der Waals surface area contributed by atoms with Gasteiger partial charge in [0.15, 0.2) is 0 Å². The second-order valence-electron chi connectivity index (χ2n) is 6.91. The second-order valence-corrected chi connectivity index (χ2v) is 6.91. The van der Waals surface area contributed by atoms with E-state index in [1.54, 1.807) is 6.07 Å². The van der Waals surface area contributed by atoms with Crippen molar-refractivity contribution < 1.29 is 14.3 Å². The van der Waals surface area contributed by atoms with Crippen LogP contribution in [-0.2, 0) is 10.2 Å². The molecule has 3 rings (SSSR count). The Labute approximate surface area is 130 Å². The van der Waals surface area contributed by atoms with Crippen molar-refractivity contribution in [1.29, 1.82) is 0 Å². The molecule has 0 bridgehead atoms. The minimum atomic E-state index is -0.753. The highest BCUT2D eigenvalue weighted by atomic mass is 19.1. The number of hydrogen-bond donors (Lipinski definition) is 2. The van der Waals surface area contributed by atoms with Gasteiger partial charge in [-0.3, -0.25) is 4.79 Å². The third kappa shape index (κ3) is 2.89. The Morgan fingerprint density at radius 3 is 2.41 bits per heavy atom. The lowest BCUT2D eigenvalue weighted by atomic mass is 9.77. The molecule has 2 aliphatic carbocycles. The molecule has 0 aromatic heterocycles. The van der Waals surface area contributed by atoms with Crippen LogP contribution in [0.15, 0.2) is 24.3 Å². The molecule has 2 saturated carbocycles. The van der Waals surface area contributed by atoms with E-state index < -0.39 is 11.0 Å². The Morgan fingerprint density at radius 1 is 1.14 bits per heavy atom. The van der Waals surface area contributed by atoms with Crippen LogP contribution in [0.5, 0.6) is 0 Å². The van der Waals surface area contributed by atoms with Gasteiger partial charge in [0.1, 0.15) is 5.82 Å². The molecule has 0 saturated heterocycles. The van der Waals surface area contributed by atoms with Gasteiger partial charge in [0, 0.05) is 6.54 Å². The number of aliphatic hydroxyl groups is 1. The Hall–Kier alpha value is -1.42. The van der Waals surface area contributed by atoms with Gasteiger partial charge in [-0.05, 0) is 43.4 Å². The van der Waals surface area contributed by atoms with Crippen LogP contribution in [0.1, 0.15) is 56.9 Å². The average molecular weight is 305 g/mol. The van der Waals surface area contributed by atoms with Gasteiger partial charge in [-0.25, -0.2) is 4.39 Å². The first kappa shape index (κ1) is 15.5. The van der Waals surface area contributed by atoms with E-state index in [2.05, 4.69) is 5.32 Å². The Kier molecular flexibility index (Phi) is 4.22. The zero-order chi connectivity index (χ0) is 15.6. The van der Waals surface area contributed by atoms with Crippen molar-refractivity contribution in [2.75, 3.05) is 6.54 Å². The fourth-order valence-corrected chi connectivity index (χ4v) is 4.04. The van der Waals surface area contributed by atoms with Crippen molar-refractivity contribution >= 4 is 5.91 Å². The zero-order valence-corrected chi connectivity index (χ0v) is 12.9. The Bertz CT molecular complexity index is 546. The van der Waals surface area contributed by atoms with E-state index in [0.29, 0.717) is 6.54 Å². The summed E-state index contributed by atoms with van der Waals surface area (Å²) in [6, 6.07) is 6.40. The Morgan fingerprint density at radius 2 is 1.77 bits per heavy atom. The summed E-state index contributed by atoms with van der Waals surface area (Å²) in [7, 11) is 0. The molecule has 4 heteroatoms. The van der Waals surface area contributed by atoms with Gasteiger partial charge in [-0.15, -0.1) is 0 Å². The molecular formula is C18H24FNO2. The maximum Gasteiger partial charge on any atom is 0.230 e. The van der Waals surface area contributed by atoms with Crippen LogP contribution in [0.4, 0.5) is 4.39 Å². The van der Waals surface area contributed by atoms with Crippen molar-refractivity contribution in [2.24, 2.45) is 0 Å². The van der Waals surface area contributed by atoms with Crippen LogP contribution >= 0.6 is 0 Å². The van der Waals surface area contributed by atoms with E-state index in [-0.39, 0.29) is 11.7 Å². The summed E-state index contributed by atoms with van der Waals surface area (Å²) in [5, 5.41) is 13.4. The zero-order valence-electron chi connectivity index (χ0n) is 12.9. The van der Waals surface area contributed by atoms with Crippen LogP contribution in [0, 0.1) is 5.82 Å². The van der Waals surface area contributed by atoms with E-state index >= 15 is 0 Å². The van der Waals surface area contributed by atoms with Crippen molar-refractivity contribution in [3.63, 3.8) is 0 Å². The first-order valence-electron chi connectivity index (χ1n) is 8.31. The first-order valence-corrected chi connectivity index (χ1v) is 8.31. The highest BCUT2D eigenvalue weighted by Crippen LogP contribution is 2.41. The van der Waals surface area contributed by atoms with E-state index in [0.717, 1.165) is 56.9 Å². The van der Waals surface area contributed by atoms with Crippen molar-refractivity contribution in [3.8, 4) is 0 Å². The van der Waals surface area contributed by atoms with Crippen LogP contribution in [-0.4, -0.2) is 23.2 Å². The quantitative estimate of drug-likeness (QED) is 0.898. The number of carbonyl (C=O) groups is 1. The predicted molar refractivity (Wildman–Crippen MR) is 83.0 cm³/mol. The summed E-state index contributed by atoms with van der Waals surface area (Å²) < 4.78 is 13.6. The lowest BCUT2D eigenvalue weighted by Crippen LogP contribution is -2.48. The van der Waals surface area contributed by atoms with Crippen LogP contribution < -0.4 is 5.32 Å². The van der Waals surface area contributed by atoms with Crippen molar-refractivity contribution in [2.45, 2.75) is 62.4 Å². The third-order valence-electron chi connectivity index (χ3n) is 5.38. The number of nitrogens with one attached hydrogen (secondary N) is 1. The molecule has 0 spiro atoms. The fourth-order valence-electron chi connectivity index (χ4n) is 4.04. The lowest BCUT2D eigenvalue weighted by molar-refractivity contribution is -0.127. The van der Waals surface area contributed by atoms with Gasteiger partial charge in [0.05, 0.1) is 11.0 Å². The van der Waals surface area contributed by atoms with Crippen LogP contribution in [0.25, 0.3) is 0 Å². The molecule has 3 nitrogen and oxygen atoms in total. The molecule has 0 unspecified atom stereocenters. The molecule has 0 heterocycles. The largest absolute Gasteiger partial charge is 0.388 e. The van der Waals surface area contributed by atoms with Crippen molar-refractivity contribution in [1.82, 2.24) is 5.32 Å². The molecule has 2 fully saturated rings. The summed E-state index contributed by atoms with van der Waals surface area (Å²) in [4.78, 5) is 12.8. The van der Waals surface area contributed by atoms with Gasteiger partial charge in [0.25, 0.3) is 0 Å². The molecule has 2 aliphatic rings. The first-order chi connectivity index (χ1) is 10.5. The second kappa shape index (κ2) is 5.99. The highest BCUT2D eigenvalue weighted by Gasteiger charge is 2.43. The van der Waals surface area contributed by atoms with E-state index in [1.807, 2.05) is 6.07 Å². The number of amides is 1. The van der Waals surface area contributed by atoms with E-state index in [4.69, 9.17) is 0 Å². The van der Waals surface area contributed by atoms with Crippen LogP contribution in [0.2, 0.25) is 0 Å². The molecule has 0 aliphatic heterocycles. The average Bonchev–Trinajstić information content (AvgIpc) is 3.15. The molecule has 1 aromatic rings. The maximum absolute atomic E-state index is 13.6. The SMILES string of the molecule is O=C(NCC1(O)CCCC1)C1(c2cccc(F)c2)CCCC1. The number of benzene rings is 1. The summed E-state index contributed by atoms with van der Waals surface area (Å²) in [6.45, 7) is 0.308. The third-order valence-corrected chi connectivity index (χ3v) is 5.38. The number of carbonyl (C=O) groups excluding carboxylic acids is 1. The van der Waals surface area contributed by atoms with Crippen molar-refractivity contribution in [3.05, 3.63) is 35.6 Å². The molecule has 0 radical (unpaired) electrons. The smallest absolute Gasteiger partial charge is 0.230 e. The molecule has 22 heavy (non-hydrogen) atoms. The Balaban J connectivity index is 1.77. The number of hydrogen-bond acceptors (Lipinski definition) is 2. The summed E-state index contributed by atoms with van der Waals surface area (Å²) in [6.07, 6.45) is 6.99. The molecule has 0 atom stereocenters.